The molecule has 2 aromatic rings. The summed E-state index contributed by atoms with van der Waals surface area (Å²) < 4.78 is 66.1. The summed E-state index contributed by atoms with van der Waals surface area (Å²) in [4.78, 5) is 37.8. The van der Waals surface area contributed by atoms with Gasteiger partial charge in [-0.3, -0.25) is 14.5 Å². The Balaban J connectivity index is 1.80. The highest BCUT2D eigenvalue weighted by Crippen LogP contribution is 2.37. The summed E-state index contributed by atoms with van der Waals surface area (Å²) in [7, 11) is -4.02. The van der Waals surface area contributed by atoms with Crippen LogP contribution in [-0.2, 0) is 30.5 Å². The van der Waals surface area contributed by atoms with Gasteiger partial charge in [0.25, 0.3) is 5.91 Å². The topological polar surface area (TPSA) is 136 Å². The number of rotatable bonds is 4. The van der Waals surface area contributed by atoms with E-state index in [-0.39, 0.29) is 21.1 Å². The molecule has 166 valence electrons. The number of halogens is 3. The molecule has 14 heteroatoms. The third-order valence-electron chi connectivity index (χ3n) is 4.18. The number of amides is 2. The largest absolute Gasteiger partial charge is 0.449 e. The number of carbonyl (C=O) groups excluding carboxylic acids is 3. The van der Waals surface area contributed by atoms with E-state index < -0.39 is 52.2 Å². The van der Waals surface area contributed by atoms with Crippen LogP contribution < -0.4 is 15.4 Å². The van der Waals surface area contributed by atoms with Gasteiger partial charge in [-0.25, -0.2) is 18.4 Å². The van der Waals surface area contributed by atoms with Crippen LogP contribution in [0.1, 0.15) is 22.8 Å². The molecular weight excluding hydrogens is 463 g/mol. The molecule has 0 fully saturated rings. The number of alkyl halides is 3. The maximum absolute atomic E-state index is 12.9. The van der Waals surface area contributed by atoms with Crippen LogP contribution >= 0.6 is 11.3 Å². The molecule has 1 atom stereocenters. The Kier molecular flexibility index (Phi) is 5.82. The number of thiophene rings is 1. The minimum atomic E-state index is -4.65. The zero-order valence-electron chi connectivity index (χ0n) is 15.6. The van der Waals surface area contributed by atoms with Crippen molar-refractivity contribution in [2.45, 2.75) is 23.4 Å². The number of sulfonamides is 1. The van der Waals surface area contributed by atoms with Gasteiger partial charge in [0.1, 0.15) is 10.8 Å². The van der Waals surface area contributed by atoms with E-state index in [4.69, 9.17) is 9.88 Å². The third kappa shape index (κ3) is 4.86. The second-order valence-corrected chi connectivity index (χ2v) is 9.15. The highest BCUT2D eigenvalue weighted by atomic mass is 32.2. The summed E-state index contributed by atoms with van der Waals surface area (Å²) in [6.07, 6.45) is -6.07. The van der Waals surface area contributed by atoms with Gasteiger partial charge in [0.15, 0.2) is 6.10 Å². The smallest absolute Gasteiger partial charge is 0.416 e. The van der Waals surface area contributed by atoms with Gasteiger partial charge in [0, 0.05) is 5.38 Å². The van der Waals surface area contributed by atoms with Gasteiger partial charge in [-0.15, -0.1) is 11.3 Å². The van der Waals surface area contributed by atoms with Gasteiger partial charge in [-0.2, -0.15) is 13.2 Å². The number of carbonyl (C=O) groups is 3. The van der Waals surface area contributed by atoms with Gasteiger partial charge in [0.2, 0.25) is 15.9 Å². The number of hydrogen-bond donors (Lipinski definition) is 2. The highest BCUT2D eigenvalue weighted by molar-refractivity contribution is 7.91. The lowest BCUT2D eigenvalue weighted by molar-refractivity contribution is -0.137. The van der Waals surface area contributed by atoms with E-state index in [9.17, 15) is 36.0 Å². The molecule has 0 bridgehead atoms. The average Bonchev–Trinajstić information content (AvgIpc) is 3.16. The number of anilines is 2. The van der Waals surface area contributed by atoms with Crippen LogP contribution in [0.25, 0.3) is 0 Å². The molecule has 0 aliphatic carbocycles. The minimum Gasteiger partial charge on any atom is -0.449 e. The molecule has 3 rings (SSSR count). The lowest BCUT2D eigenvalue weighted by atomic mass is 10.1. The maximum atomic E-state index is 12.9. The summed E-state index contributed by atoms with van der Waals surface area (Å²) in [6, 6.07) is 3.47. The fraction of sp³-hybridized carbons (Fsp3) is 0.235. The van der Waals surface area contributed by atoms with Crippen molar-refractivity contribution in [3.05, 3.63) is 40.8 Å². The first-order valence-corrected chi connectivity index (χ1v) is 10.8. The van der Waals surface area contributed by atoms with Crippen LogP contribution in [0.5, 0.6) is 0 Å². The van der Waals surface area contributed by atoms with E-state index in [0.29, 0.717) is 17.4 Å². The zero-order chi connectivity index (χ0) is 23.1. The number of ether oxygens (including phenoxy) is 1. The van der Waals surface area contributed by atoms with Gasteiger partial charge < -0.3 is 10.1 Å². The Bertz CT molecular complexity index is 1180. The van der Waals surface area contributed by atoms with Crippen molar-refractivity contribution >= 4 is 50.5 Å². The fourth-order valence-corrected chi connectivity index (χ4v) is 4.31. The van der Waals surface area contributed by atoms with E-state index in [1.165, 1.54) is 12.3 Å². The van der Waals surface area contributed by atoms with Gasteiger partial charge in [-0.1, -0.05) is 0 Å². The van der Waals surface area contributed by atoms with Crippen LogP contribution in [-0.4, -0.2) is 38.9 Å². The van der Waals surface area contributed by atoms with Crippen LogP contribution in [0.2, 0.25) is 0 Å². The van der Waals surface area contributed by atoms with Crippen LogP contribution in [0.3, 0.4) is 0 Å². The van der Waals surface area contributed by atoms with Crippen molar-refractivity contribution < 1.29 is 40.7 Å². The first-order valence-electron chi connectivity index (χ1n) is 8.42. The Morgan fingerprint density at radius 3 is 2.55 bits per heavy atom. The number of esters is 1. The standard InChI is InChI=1S/C17H14F3N3O6S2/c1-8(29-16(26)9-4-14(30-7-9)31(21,27)28)15(25)23-6-13(24)22-11-5-10(17(18,19)20)2-3-12(11)23/h2-5,7-8H,6H2,1H3,(H,22,24)(H2,21,27,28). The zero-order valence-corrected chi connectivity index (χ0v) is 17.2. The lowest BCUT2D eigenvalue weighted by Crippen LogP contribution is -2.47. The molecule has 0 saturated heterocycles. The van der Waals surface area contributed by atoms with Crippen molar-refractivity contribution in [3.63, 3.8) is 0 Å². The molecule has 1 aliphatic rings. The monoisotopic (exact) mass is 477 g/mol. The van der Waals surface area contributed by atoms with E-state index in [1.807, 2.05) is 0 Å². The third-order valence-corrected chi connectivity index (χ3v) is 6.57. The molecule has 2 heterocycles. The normalized spacial score (nSPS) is 15.1. The number of fused-ring (bicyclic) bond motifs is 1. The number of nitrogens with two attached hydrogens (primary N) is 1. The highest BCUT2D eigenvalue weighted by Gasteiger charge is 2.35. The molecule has 1 aromatic carbocycles. The molecular formula is C17H14F3N3O6S2. The molecule has 1 aliphatic heterocycles. The second-order valence-electron chi connectivity index (χ2n) is 6.45. The quantitative estimate of drug-likeness (QED) is 0.646. The molecule has 1 aromatic heterocycles. The summed E-state index contributed by atoms with van der Waals surface area (Å²) in [5, 5.41) is 8.43. The first kappa shape index (κ1) is 22.7. The van der Waals surface area contributed by atoms with Crippen LogP contribution in [0.15, 0.2) is 33.9 Å². The van der Waals surface area contributed by atoms with Crippen LogP contribution in [0.4, 0.5) is 24.5 Å². The predicted octanol–water partition coefficient (Wildman–Crippen LogP) is 1.94. The molecule has 0 spiro atoms. The molecule has 3 N–H and O–H groups in total. The number of nitrogens with zero attached hydrogens (tertiary/aromatic N) is 1. The molecule has 2 amide bonds. The van der Waals surface area contributed by atoms with Gasteiger partial charge in [-0.05, 0) is 31.2 Å². The maximum Gasteiger partial charge on any atom is 0.416 e. The Morgan fingerprint density at radius 1 is 1.29 bits per heavy atom. The molecule has 31 heavy (non-hydrogen) atoms. The summed E-state index contributed by atoms with van der Waals surface area (Å²) in [6.45, 7) is 0.719. The van der Waals surface area contributed by atoms with Gasteiger partial charge >= 0.3 is 12.1 Å². The van der Waals surface area contributed by atoms with Crippen molar-refractivity contribution in [2.24, 2.45) is 5.14 Å². The Morgan fingerprint density at radius 2 is 1.97 bits per heavy atom. The second kappa shape index (κ2) is 7.94. The molecule has 1 unspecified atom stereocenters. The molecule has 9 nitrogen and oxygen atoms in total. The summed E-state index contributed by atoms with van der Waals surface area (Å²) in [5.74, 6) is -2.60. The summed E-state index contributed by atoms with van der Waals surface area (Å²) in [5.41, 5.74) is -1.37. The number of primary sulfonamides is 1. The van der Waals surface area contributed by atoms with Crippen LogP contribution in [0, 0.1) is 0 Å². The van der Waals surface area contributed by atoms with Crippen molar-refractivity contribution in [1.82, 2.24) is 0 Å². The summed E-state index contributed by atoms with van der Waals surface area (Å²) >= 11 is 0.689. The van der Waals surface area contributed by atoms with E-state index in [1.54, 1.807) is 0 Å². The molecule has 0 saturated carbocycles. The molecule has 0 radical (unpaired) electrons. The van der Waals surface area contributed by atoms with Crippen molar-refractivity contribution in [2.75, 3.05) is 16.8 Å². The Labute approximate surface area is 177 Å². The van der Waals surface area contributed by atoms with E-state index in [2.05, 4.69) is 5.32 Å². The SMILES string of the molecule is CC(OC(=O)c1csc(S(N)(=O)=O)c1)C(=O)N1CC(=O)Nc2cc(C(F)(F)F)ccc21. The van der Waals surface area contributed by atoms with Gasteiger partial charge in [0.05, 0.1) is 22.5 Å². The van der Waals surface area contributed by atoms with E-state index >= 15 is 0 Å². The first-order chi connectivity index (χ1) is 14.3. The fourth-order valence-electron chi connectivity index (χ4n) is 2.73. The van der Waals surface area contributed by atoms with Crippen molar-refractivity contribution in [1.29, 1.82) is 0 Å². The van der Waals surface area contributed by atoms with Crippen molar-refractivity contribution in [3.8, 4) is 0 Å². The van der Waals surface area contributed by atoms with E-state index in [0.717, 1.165) is 23.1 Å². The average molecular weight is 477 g/mol. The number of hydrogen-bond acceptors (Lipinski definition) is 7. The number of benzene rings is 1. The minimum absolute atomic E-state index is 0.00698. The number of nitrogens with one attached hydrogen (secondary N) is 1. The Hall–Kier alpha value is -2.97. The lowest BCUT2D eigenvalue weighted by Gasteiger charge is -2.31. The predicted molar refractivity (Wildman–Crippen MR) is 103 cm³/mol.